The van der Waals surface area contributed by atoms with Crippen molar-refractivity contribution >= 4 is 85.8 Å². The predicted molar refractivity (Wildman–Crippen MR) is 171 cm³/mol. The van der Waals surface area contributed by atoms with Crippen LogP contribution < -0.4 is 0 Å². The summed E-state index contributed by atoms with van der Waals surface area (Å²) in [5, 5.41) is 6.32. The molecule has 0 saturated heterocycles. The van der Waals surface area contributed by atoms with E-state index in [-0.39, 0.29) is 0 Å². The highest BCUT2D eigenvalue weighted by Crippen LogP contribution is 2.43. The zero-order chi connectivity index (χ0) is 26.9. The molecule has 9 rings (SSSR count). The molecule has 0 aliphatic heterocycles. The molecule has 0 atom stereocenters. The van der Waals surface area contributed by atoms with Crippen molar-refractivity contribution in [3.63, 3.8) is 0 Å². The van der Waals surface area contributed by atoms with E-state index in [1.54, 1.807) is 40.2 Å². The summed E-state index contributed by atoms with van der Waals surface area (Å²) in [6.45, 7) is 0. The molecule has 192 valence electrons. The van der Waals surface area contributed by atoms with Gasteiger partial charge < -0.3 is 0 Å². The average molecular weight is 581 g/mol. The van der Waals surface area contributed by atoms with Crippen molar-refractivity contribution in [3.8, 4) is 32.4 Å². The number of thiophene rings is 1. The van der Waals surface area contributed by atoms with Crippen molar-refractivity contribution in [2.75, 3.05) is 0 Å². The van der Waals surface area contributed by atoms with Gasteiger partial charge in [0.05, 0.1) is 16.7 Å². The van der Waals surface area contributed by atoms with Crippen molar-refractivity contribution in [2.24, 2.45) is 0 Å². The quantitative estimate of drug-likeness (QED) is 0.194. The van der Waals surface area contributed by atoms with Crippen molar-refractivity contribution in [2.45, 2.75) is 0 Å². The van der Waals surface area contributed by atoms with Crippen LogP contribution in [0.4, 0.5) is 0 Å². The van der Waals surface area contributed by atoms with Crippen molar-refractivity contribution < 1.29 is 0 Å². The molecule has 0 fully saturated rings. The molecule has 0 spiro atoms. The number of nitrogens with zero attached hydrogens (tertiary/aromatic N) is 6. The molecule has 0 radical (unpaired) electrons. The first kappa shape index (κ1) is 23.0. The molecule has 9 heteroatoms. The van der Waals surface area contributed by atoms with Gasteiger partial charge in [0.2, 0.25) is 0 Å². The van der Waals surface area contributed by atoms with Crippen LogP contribution in [0.3, 0.4) is 0 Å². The van der Waals surface area contributed by atoms with Gasteiger partial charge in [0, 0.05) is 56.6 Å². The molecule has 0 N–H and O–H groups in total. The lowest BCUT2D eigenvalue weighted by molar-refractivity contribution is 1.31. The molecular formula is C32H16N6S3. The number of thiazole rings is 2. The second-order valence-electron chi connectivity index (χ2n) is 9.58. The summed E-state index contributed by atoms with van der Waals surface area (Å²) < 4.78 is 1.23. The van der Waals surface area contributed by atoms with E-state index >= 15 is 0 Å². The van der Waals surface area contributed by atoms with Crippen molar-refractivity contribution in [1.29, 1.82) is 0 Å². The second-order valence-corrected chi connectivity index (χ2v) is 12.6. The van der Waals surface area contributed by atoms with Crippen LogP contribution in [0, 0.1) is 0 Å². The van der Waals surface area contributed by atoms with Crippen molar-refractivity contribution in [1.82, 2.24) is 29.9 Å². The van der Waals surface area contributed by atoms with Crippen LogP contribution in [-0.2, 0) is 0 Å². The standard InChI is InChI=1S/C32H16N6S3/c1-2-13-33-23(7-1)30-38-32-31(41-30)37-29(40-32)21-12-16-35-27-20(21)10-9-19-17(11-15-34-26(19)27)18-5-3-8-24-25(18)22-6-4-14-36-28(22)39-24/h1-16H. The minimum atomic E-state index is 0.867. The van der Waals surface area contributed by atoms with E-state index in [0.29, 0.717) is 0 Å². The fraction of sp³-hybridized carbons (Fsp3) is 0. The molecule has 0 bridgehead atoms. The SMILES string of the molecule is c1ccc(-c2nc3sc(-c4ccnc5c4ccc4c(-c6cccc7sc8ncccc8c67)ccnc45)nc3s2)nc1. The highest BCUT2D eigenvalue weighted by Gasteiger charge is 2.18. The Kier molecular flexibility index (Phi) is 5.00. The van der Waals surface area contributed by atoms with E-state index in [4.69, 9.17) is 19.9 Å². The normalized spacial score (nSPS) is 11.9. The van der Waals surface area contributed by atoms with Gasteiger partial charge in [-0.3, -0.25) is 15.0 Å². The zero-order valence-electron chi connectivity index (χ0n) is 21.1. The molecule has 7 heterocycles. The summed E-state index contributed by atoms with van der Waals surface area (Å²) in [5.41, 5.74) is 5.97. The molecule has 0 saturated carbocycles. The topological polar surface area (TPSA) is 77.3 Å². The van der Waals surface area contributed by atoms with Crippen LogP contribution in [0.25, 0.3) is 84.2 Å². The van der Waals surface area contributed by atoms with E-state index < -0.39 is 0 Å². The minimum Gasteiger partial charge on any atom is -0.254 e. The molecule has 41 heavy (non-hydrogen) atoms. The Balaban J connectivity index is 1.22. The Morgan fingerprint density at radius 1 is 0.439 bits per heavy atom. The summed E-state index contributed by atoms with van der Waals surface area (Å²) in [5.74, 6) is 0. The van der Waals surface area contributed by atoms with Gasteiger partial charge in [-0.2, -0.15) is 0 Å². The van der Waals surface area contributed by atoms with Crippen LogP contribution in [0.5, 0.6) is 0 Å². The molecule has 6 nitrogen and oxygen atoms in total. The first-order chi connectivity index (χ1) is 20.3. The summed E-state index contributed by atoms with van der Waals surface area (Å²) in [6, 6.07) is 25.0. The Hall–Kier alpha value is -4.70. The fourth-order valence-electron chi connectivity index (χ4n) is 5.49. The second kappa shape index (κ2) is 8.90. The first-order valence-corrected chi connectivity index (χ1v) is 15.4. The molecule has 0 amide bonds. The molecule has 2 aromatic carbocycles. The van der Waals surface area contributed by atoms with E-state index in [0.717, 1.165) is 63.1 Å². The predicted octanol–water partition coefficient (Wildman–Crippen LogP) is 9.01. The summed E-state index contributed by atoms with van der Waals surface area (Å²) >= 11 is 4.89. The maximum atomic E-state index is 4.98. The van der Waals surface area contributed by atoms with E-state index in [1.807, 2.05) is 48.9 Å². The largest absolute Gasteiger partial charge is 0.254 e. The lowest BCUT2D eigenvalue weighted by Crippen LogP contribution is -1.90. The van der Waals surface area contributed by atoms with Gasteiger partial charge in [-0.05, 0) is 53.6 Å². The Morgan fingerprint density at radius 3 is 2.02 bits per heavy atom. The van der Waals surface area contributed by atoms with Gasteiger partial charge in [-0.25, -0.2) is 15.0 Å². The van der Waals surface area contributed by atoms with Crippen LogP contribution >= 0.6 is 34.0 Å². The van der Waals surface area contributed by atoms with E-state index in [1.165, 1.54) is 21.0 Å². The summed E-state index contributed by atoms with van der Waals surface area (Å²) in [4.78, 5) is 31.4. The average Bonchev–Trinajstić information content (AvgIpc) is 3.72. The van der Waals surface area contributed by atoms with Crippen LogP contribution in [0.1, 0.15) is 0 Å². The van der Waals surface area contributed by atoms with E-state index in [9.17, 15) is 0 Å². The fourth-order valence-corrected chi connectivity index (χ4v) is 8.62. The number of aromatic nitrogens is 6. The molecule has 0 unspecified atom stereocenters. The minimum absolute atomic E-state index is 0.867. The third kappa shape index (κ3) is 3.53. The number of fused-ring (bicyclic) bond motifs is 7. The van der Waals surface area contributed by atoms with Crippen molar-refractivity contribution in [3.05, 3.63) is 97.6 Å². The Morgan fingerprint density at radius 2 is 1.20 bits per heavy atom. The molecular weight excluding hydrogens is 565 g/mol. The number of hydrogen-bond donors (Lipinski definition) is 0. The monoisotopic (exact) mass is 580 g/mol. The van der Waals surface area contributed by atoms with Gasteiger partial charge in [0.25, 0.3) is 0 Å². The van der Waals surface area contributed by atoms with Gasteiger partial charge in [-0.15, -0.1) is 11.3 Å². The maximum Gasteiger partial charge on any atom is 0.155 e. The number of benzene rings is 2. The van der Waals surface area contributed by atoms with E-state index in [2.05, 4.69) is 52.4 Å². The number of pyridine rings is 4. The highest BCUT2D eigenvalue weighted by molar-refractivity contribution is 7.29. The van der Waals surface area contributed by atoms with Gasteiger partial charge in [-0.1, -0.05) is 53.0 Å². The van der Waals surface area contributed by atoms with Crippen LogP contribution in [-0.4, -0.2) is 29.9 Å². The number of hydrogen-bond acceptors (Lipinski definition) is 9. The Bertz CT molecular complexity index is 2410. The first-order valence-electron chi connectivity index (χ1n) is 12.9. The third-order valence-corrected chi connectivity index (χ3v) is 10.4. The molecule has 7 aromatic heterocycles. The lowest BCUT2D eigenvalue weighted by atomic mass is 9.95. The van der Waals surface area contributed by atoms with Crippen LogP contribution in [0.2, 0.25) is 0 Å². The molecule has 9 aromatic rings. The lowest BCUT2D eigenvalue weighted by Gasteiger charge is -2.11. The van der Waals surface area contributed by atoms with Crippen LogP contribution in [0.15, 0.2) is 97.6 Å². The highest BCUT2D eigenvalue weighted by atomic mass is 32.1. The smallest absolute Gasteiger partial charge is 0.155 e. The third-order valence-electron chi connectivity index (χ3n) is 7.28. The zero-order valence-corrected chi connectivity index (χ0v) is 23.6. The van der Waals surface area contributed by atoms with Gasteiger partial charge >= 0.3 is 0 Å². The molecule has 0 aliphatic carbocycles. The van der Waals surface area contributed by atoms with Gasteiger partial charge in [0.15, 0.2) is 9.66 Å². The maximum absolute atomic E-state index is 4.98. The summed E-state index contributed by atoms with van der Waals surface area (Å²) in [6.07, 6.45) is 7.39. The summed E-state index contributed by atoms with van der Waals surface area (Å²) in [7, 11) is 0. The number of rotatable bonds is 3. The van der Waals surface area contributed by atoms with Gasteiger partial charge in [0.1, 0.15) is 14.8 Å². The Labute approximate surface area is 244 Å². The molecule has 0 aliphatic rings.